The zero-order valence-electron chi connectivity index (χ0n) is 14.2. The van der Waals surface area contributed by atoms with Gasteiger partial charge in [-0.15, -0.1) is 0 Å². The van der Waals surface area contributed by atoms with E-state index in [0.717, 1.165) is 43.7 Å². The quantitative estimate of drug-likeness (QED) is 0.839. The van der Waals surface area contributed by atoms with Gasteiger partial charge >= 0.3 is 0 Å². The first-order valence-corrected chi connectivity index (χ1v) is 8.32. The first-order valence-electron chi connectivity index (χ1n) is 8.32. The van der Waals surface area contributed by atoms with Gasteiger partial charge in [0.1, 0.15) is 6.54 Å². The first kappa shape index (κ1) is 16.4. The van der Waals surface area contributed by atoms with E-state index in [2.05, 4.69) is 10.1 Å². The lowest BCUT2D eigenvalue weighted by Gasteiger charge is -2.33. The van der Waals surface area contributed by atoms with Crippen molar-refractivity contribution in [2.24, 2.45) is 5.92 Å². The summed E-state index contributed by atoms with van der Waals surface area (Å²) in [7, 11) is 0. The van der Waals surface area contributed by atoms with Crippen LogP contribution in [0.15, 0.2) is 29.6 Å². The minimum absolute atomic E-state index is 0.0117. The zero-order valence-corrected chi connectivity index (χ0v) is 14.2. The predicted molar refractivity (Wildman–Crippen MR) is 89.5 cm³/mol. The van der Waals surface area contributed by atoms with Crippen molar-refractivity contribution < 1.29 is 4.79 Å². The van der Waals surface area contributed by atoms with E-state index in [4.69, 9.17) is 0 Å². The molecule has 1 aliphatic rings. The zero-order chi connectivity index (χ0) is 17.1. The number of hydrogen-bond acceptors (Lipinski definition) is 4. The topological polar surface area (TPSA) is 73.0 Å². The van der Waals surface area contributed by atoms with Crippen LogP contribution >= 0.6 is 0 Å². The number of imidazole rings is 1. The summed E-state index contributed by atoms with van der Waals surface area (Å²) in [5.74, 6) is 0.379. The molecule has 0 bridgehead atoms. The Hall–Kier alpha value is -2.44. The van der Waals surface area contributed by atoms with Crippen LogP contribution in [0.1, 0.15) is 24.1 Å². The van der Waals surface area contributed by atoms with Gasteiger partial charge in [-0.3, -0.25) is 9.59 Å². The molecule has 1 aliphatic heterocycles. The molecular weight excluding hydrogens is 306 g/mol. The molecular formula is C17H23N5O2. The van der Waals surface area contributed by atoms with Gasteiger partial charge in [0.15, 0.2) is 0 Å². The number of hydrogen-bond donors (Lipinski definition) is 0. The highest BCUT2D eigenvalue weighted by Gasteiger charge is 2.24. The van der Waals surface area contributed by atoms with Crippen molar-refractivity contribution >= 4 is 5.91 Å². The third-order valence-electron chi connectivity index (χ3n) is 4.62. The summed E-state index contributed by atoms with van der Waals surface area (Å²) in [5.41, 5.74) is 1.40. The van der Waals surface area contributed by atoms with Gasteiger partial charge in [0, 0.05) is 38.1 Å². The van der Waals surface area contributed by atoms with Crippen molar-refractivity contribution in [2.75, 3.05) is 13.1 Å². The second kappa shape index (κ2) is 6.98. The third kappa shape index (κ3) is 3.72. The molecule has 128 valence electrons. The summed E-state index contributed by atoms with van der Waals surface area (Å²) < 4.78 is 3.32. The summed E-state index contributed by atoms with van der Waals surface area (Å²) >= 11 is 0. The monoisotopic (exact) mass is 329 g/mol. The van der Waals surface area contributed by atoms with Gasteiger partial charge in [-0.1, -0.05) is 0 Å². The van der Waals surface area contributed by atoms with Crippen LogP contribution < -0.4 is 5.56 Å². The molecule has 7 nitrogen and oxygen atoms in total. The van der Waals surface area contributed by atoms with Crippen LogP contribution in [0.4, 0.5) is 0 Å². The minimum Gasteiger partial charge on any atom is -0.341 e. The van der Waals surface area contributed by atoms with E-state index in [1.165, 1.54) is 10.7 Å². The number of amides is 1. The molecule has 7 heteroatoms. The predicted octanol–water partition coefficient (Wildman–Crippen LogP) is 0.995. The van der Waals surface area contributed by atoms with Crippen molar-refractivity contribution in [3.8, 4) is 0 Å². The maximum Gasteiger partial charge on any atom is 0.267 e. The molecule has 0 radical (unpaired) electrons. The van der Waals surface area contributed by atoms with Gasteiger partial charge in [0.05, 0.1) is 12.0 Å². The number of carbonyl (C=O) groups excluding carboxylic acids is 1. The number of aromatic nitrogens is 4. The van der Waals surface area contributed by atoms with Crippen LogP contribution in [0.3, 0.4) is 0 Å². The summed E-state index contributed by atoms with van der Waals surface area (Å²) in [4.78, 5) is 30.5. The lowest BCUT2D eigenvalue weighted by molar-refractivity contribution is -0.134. The molecule has 2 aromatic rings. The Morgan fingerprint density at radius 2 is 2.21 bits per heavy atom. The molecule has 2 aromatic heterocycles. The third-order valence-corrected chi connectivity index (χ3v) is 4.62. The van der Waals surface area contributed by atoms with Crippen molar-refractivity contribution in [1.29, 1.82) is 0 Å². The number of carbonyl (C=O) groups is 1. The number of nitrogens with zero attached hydrogens (tertiary/aromatic N) is 5. The highest BCUT2D eigenvalue weighted by atomic mass is 16.2. The average Bonchev–Trinajstić information content (AvgIpc) is 3.06. The van der Waals surface area contributed by atoms with Crippen molar-refractivity contribution in [2.45, 2.75) is 39.8 Å². The van der Waals surface area contributed by atoms with Gasteiger partial charge < -0.3 is 9.47 Å². The van der Waals surface area contributed by atoms with E-state index in [9.17, 15) is 9.59 Å². The molecule has 1 saturated heterocycles. The highest BCUT2D eigenvalue weighted by molar-refractivity contribution is 5.76. The second-order valence-corrected chi connectivity index (χ2v) is 6.52. The fraction of sp³-hybridized carbons (Fsp3) is 0.529. The summed E-state index contributed by atoms with van der Waals surface area (Å²) in [6.07, 6.45) is 7.60. The molecule has 0 N–H and O–H groups in total. The van der Waals surface area contributed by atoms with Crippen LogP contribution in [-0.4, -0.2) is 43.2 Å². The first-order chi connectivity index (χ1) is 11.5. The van der Waals surface area contributed by atoms with Gasteiger partial charge in [-0.05, 0) is 38.2 Å². The normalized spacial score (nSPS) is 17.9. The summed E-state index contributed by atoms with van der Waals surface area (Å²) in [5, 5.41) is 4.23. The number of piperidine rings is 1. The fourth-order valence-corrected chi connectivity index (χ4v) is 3.15. The van der Waals surface area contributed by atoms with Gasteiger partial charge in [0.25, 0.3) is 5.56 Å². The summed E-state index contributed by atoms with van der Waals surface area (Å²) in [6.45, 7) is 6.04. The van der Waals surface area contributed by atoms with E-state index in [1.54, 1.807) is 12.5 Å². The van der Waals surface area contributed by atoms with Crippen LogP contribution in [0.2, 0.25) is 0 Å². The van der Waals surface area contributed by atoms with Crippen molar-refractivity contribution in [3.05, 3.63) is 46.4 Å². The second-order valence-electron chi connectivity index (χ2n) is 6.52. The SMILES string of the molecule is Cc1cc(=O)n(CC(=O)N2CCC[C@H](Cn3ccnc3)C2)nc1C. The molecule has 0 aromatic carbocycles. The number of rotatable bonds is 4. The molecule has 0 saturated carbocycles. The van der Waals surface area contributed by atoms with E-state index in [-0.39, 0.29) is 18.0 Å². The largest absolute Gasteiger partial charge is 0.341 e. The molecule has 1 atom stereocenters. The van der Waals surface area contributed by atoms with E-state index < -0.39 is 0 Å². The van der Waals surface area contributed by atoms with E-state index in [0.29, 0.717) is 5.92 Å². The lowest BCUT2D eigenvalue weighted by Crippen LogP contribution is -2.44. The molecule has 1 fully saturated rings. The van der Waals surface area contributed by atoms with Crippen LogP contribution in [-0.2, 0) is 17.9 Å². The standard InChI is InChI=1S/C17H23N5O2/c1-13-8-16(23)22(19-14(13)2)11-17(24)21-6-3-4-15(10-21)9-20-7-5-18-12-20/h5,7-8,12,15H,3-4,6,9-11H2,1-2H3/t15-/m1/s1. The molecule has 3 rings (SSSR count). The number of aryl methyl sites for hydroxylation is 2. The highest BCUT2D eigenvalue weighted by Crippen LogP contribution is 2.18. The molecule has 24 heavy (non-hydrogen) atoms. The van der Waals surface area contributed by atoms with E-state index >= 15 is 0 Å². The Morgan fingerprint density at radius 3 is 2.96 bits per heavy atom. The maximum absolute atomic E-state index is 12.6. The smallest absolute Gasteiger partial charge is 0.267 e. The van der Waals surface area contributed by atoms with Gasteiger partial charge in [-0.25, -0.2) is 9.67 Å². The Morgan fingerprint density at radius 1 is 1.38 bits per heavy atom. The molecule has 1 amide bonds. The Kier molecular flexibility index (Phi) is 4.78. The molecule has 3 heterocycles. The fourth-order valence-electron chi connectivity index (χ4n) is 3.15. The average molecular weight is 329 g/mol. The Bertz CT molecular complexity index is 766. The summed E-state index contributed by atoms with van der Waals surface area (Å²) in [6, 6.07) is 1.54. The minimum atomic E-state index is -0.224. The van der Waals surface area contributed by atoms with Crippen molar-refractivity contribution in [3.63, 3.8) is 0 Å². The molecule has 0 unspecified atom stereocenters. The molecule has 0 spiro atoms. The Balaban J connectivity index is 1.64. The van der Waals surface area contributed by atoms with Gasteiger partial charge in [0.2, 0.25) is 5.91 Å². The van der Waals surface area contributed by atoms with Crippen LogP contribution in [0, 0.1) is 19.8 Å². The maximum atomic E-state index is 12.6. The lowest BCUT2D eigenvalue weighted by atomic mass is 9.98. The Labute approximate surface area is 140 Å². The van der Waals surface area contributed by atoms with Crippen LogP contribution in [0.5, 0.6) is 0 Å². The van der Waals surface area contributed by atoms with Crippen LogP contribution in [0.25, 0.3) is 0 Å². The van der Waals surface area contributed by atoms with Gasteiger partial charge in [-0.2, -0.15) is 5.10 Å². The van der Waals surface area contributed by atoms with E-state index in [1.807, 2.05) is 29.5 Å². The van der Waals surface area contributed by atoms with Crippen molar-refractivity contribution in [1.82, 2.24) is 24.2 Å². The number of likely N-dealkylation sites (tertiary alicyclic amines) is 1. The molecule has 0 aliphatic carbocycles.